The maximum absolute atomic E-state index is 11.8. The summed E-state index contributed by atoms with van der Waals surface area (Å²) in [5.74, 6) is 0.0502. The SMILES string of the molecule is C=CC[C@H]1CCCC[C@@]12NC(=O)NC2=O. The van der Waals surface area contributed by atoms with E-state index in [2.05, 4.69) is 17.2 Å². The van der Waals surface area contributed by atoms with Crippen LogP contribution in [0.5, 0.6) is 0 Å². The van der Waals surface area contributed by atoms with Crippen LogP contribution >= 0.6 is 0 Å². The van der Waals surface area contributed by atoms with Gasteiger partial charge in [-0.1, -0.05) is 18.9 Å². The van der Waals surface area contributed by atoms with E-state index in [0.717, 1.165) is 32.1 Å². The maximum Gasteiger partial charge on any atom is 0.322 e. The fraction of sp³-hybridized carbons (Fsp3) is 0.636. The van der Waals surface area contributed by atoms with Gasteiger partial charge in [-0.25, -0.2) is 4.79 Å². The normalized spacial score (nSPS) is 35.1. The highest BCUT2D eigenvalue weighted by atomic mass is 16.2. The highest BCUT2D eigenvalue weighted by Crippen LogP contribution is 2.38. The molecule has 0 radical (unpaired) electrons. The number of carbonyl (C=O) groups excluding carboxylic acids is 2. The fourth-order valence-corrected chi connectivity index (χ4v) is 2.73. The monoisotopic (exact) mass is 208 g/mol. The van der Waals surface area contributed by atoms with Crippen LogP contribution in [0, 0.1) is 5.92 Å². The molecule has 0 aromatic rings. The van der Waals surface area contributed by atoms with Gasteiger partial charge in [-0.05, 0) is 25.2 Å². The lowest BCUT2D eigenvalue weighted by Gasteiger charge is -2.38. The summed E-state index contributed by atoms with van der Waals surface area (Å²) in [6, 6.07) is -0.351. The molecular weight excluding hydrogens is 192 g/mol. The fourth-order valence-electron chi connectivity index (χ4n) is 2.73. The van der Waals surface area contributed by atoms with E-state index in [1.54, 1.807) is 0 Å². The number of hydrogen-bond acceptors (Lipinski definition) is 2. The highest BCUT2D eigenvalue weighted by Gasteiger charge is 2.51. The van der Waals surface area contributed by atoms with Gasteiger partial charge in [0.25, 0.3) is 5.91 Å². The molecule has 15 heavy (non-hydrogen) atoms. The Morgan fingerprint density at radius 2 is 2.27 bits per heavy atom. The van der Waals surface area contributed by atoms with Crippen molar-refractivity contribution in [1.29, 1.82) is 0 Å². The molecule has 1 saturated carbocycles. The number of rotatable bonds is 2. The second-order valence-corrected chi connectivity index (χ2v) is 4.35. The molecule has 1 aliphatic carbocycles. The van der Waals surface area contributed by atoms with Gasteiger partial charge in [-0.3, -0.25) is 10.1 Å². The van der Waals surface area contributed by atoms with Crippen LogP contribution in [0.3, 0.4) is 0 Å². The Balaban J connectivity index is 2.25. The third kappa shape index (κ3) is 1.54. The number of hydrogen-bond donors (Lipinski definition) is 2. The third-order valence-electron chi connectivity index (χ3n) is 3.49. The van der Waals surface area contributed by atoms with Crippen molar-refractivity contribution >= 4 is 11.9 Å². The molecule has 0 bridgehead atoms. The smallest absolute Gasteiger partial charge is 0.322 e. The van der Waals surface area contributed by atoms with Crippen molar-refractivity contribution in [3.63, 3.8) is 0 Å². The van der Waals surface area contributed by atoms with Crippen LogP contribution in [0.2, 0.25) is 0 Å². The van der Waals surface area contributed by atoms with E-state index in [1.807, 2.05) is 6.08 Å². The first-order valence-corrected chi connectivity index (χ1v) is 5.43. The molecule has 0 aromatic heterocycles. The largest absolute Gasteiger partial charge is 0.323 e. The first-order chi connectivity index (χ1) is 7.19. The van der Waals surface area contributed by atoms with Crippen molar-refractivity contribution in [3.8, 4) is 0 Å². The Kier molecular flexibility index (Phi) is 2.50. The summed E-state index contributed by atoms with van der Waals surface area (Å²) in [5.41, 5.74) is -0.649. The average molecular weight is 208 g/mol. The van der Waals surface area contributed by atoms with Crippen molar-refractivity contribution in [1.82, 2.24) is 10.6 Å². The standard InChI is InChI=1S/C11H16N2O2/c1-2-5-8-6-3-4-7-11(8)9(14)12-10(15)13-11/h2,8H,1,3-7H2,(H2,12,13,14,15)/t8-,11+/m0/s1. The van der Waals surface area contributed by atoms with Gasteiger partial charge in [-0.15, -0.1) is 6.58 Å². The summed E-state index contributed by atoms with van der Waals surface area (Å²) >= 11 is 0. The van der Waals surface area contributed by atoms with Gasteiger partial charge in [0, 0.05) is 0 Å². The minimum absolute atomic E-state index is 0.154. The minimum atomic E-state index is -0.649. The van der Waals surface area contributed by atoms with E-state index in [4.69, 9.17) is 0 Å². The van der Waals surface area contributed by atoms with Crippen LogP contribution in [0.4, 0.5) is 4.79 Å². The number of imide groups is 1. The van der Waals surface area contributed by atoms with E-state index in [-0.39, 0.29) is 17.9 Å². The summed E-state index contributed by atoms with van der Waals surface area (Å²) in [6.07, 6.45) is 6.48. The van der Waals surface area contributed by atoms with Gasteiger partial charge < -0.3 is 5.32 Å². The number of amides is 3. The van der Waals surface area contributed by atoms with Gasteiger partial charge in [0.2, 0.25) is 0 Å². The lowest BCUT2D eigenvalue weighted by molar-refractivity contribution is -0.127. The van der Waals surface area contributed by atoms with Crippen molar-refractivity contribution in [3.05, 3.63) is 12.7 Å². The molecular formula is C11H16N2O2. The lowest BCUT2D eigenvalue weighted by Crippen LogP contribution is -2.54. The van der Waals surface area contributed by atoms with Crippen LogP contribution in [-0.4, -0.2) is 17.5 Å². The number of carbonyl (C=O) groups is 2. The molecule has 0 unspecified atom stereocenters. The van der Waals surface area contributed by atoms with E-state index >= 15 is 0 Å². The molecule has 2 aliphatic rings. The molecule has 1 saturated heterocycles. The van der Waals surface area contributed by atoms with Crippen molar-refractivity contribution < 1.29 is 9.59 Å². The molecule has 4 nitrogen and oxygen atoms in total. The molecule has 0 aromatic carbocycles. The Morgan fingerprint density at radius 1 is 1.47 bits per heavy atom. The minimum Gasteiger partial charge on any atom is -0.323 e. The molecule has 2 fully saturated rings. The summed E-state index contributed by atoms with van der Waals surface area (Å²) in [4.78, 5) is 23.0. The van der Waals surface area contributed by atoms with Crippen molar-refractivity contribution in [2.75, 3.05) is 0 Å². The average Bonchev–Trinajstić information content (AvgIpc) is 2.47. The Bertz CT molecular complexity index is 314. The van der Waals surface area contributed by atoms with E-state index in [1.165, 1.54) is 0 Å². The molecule has 1 aliphatic heterocycles. The van der Waals surface area contributed by atoms with Gasteiger partial charge in [0.1, 0.15) is 5.54 Å². The summed E-state index contributed by atoms with van der Waals surface area (Å²) < 4.78 is 0. The maximum atomic E-state index is 11.8. The summed E-state index contributed by atoms with van der Waals surface area (Å²) in [7, 11) is 0. The third-order valence-corrected chi connectivity index (χ3v) is 3.49. The number of nitrogens with one attached hydrogen (secondary N) is 2. The zero-order valence-corrected chi connectivity index (χ0v) is 8.71. The summed E-state index contributed by atoms with van der Waals surface area (Å²) in [5, 5.41) is 5.15. The zero-order chi connectivity index (χ0) is 10.9. The van der Waals surface area contributed by atoms with E-state index in [9.17, 15) is 9.59 Å². The first-order valence-electron chi connectivity index (χ1n) is 5.43. The molecule has 1 spiro atoms. The van der Waals surface area contributed by atoms with Crippen molar-refractivity contribution in [2.24, 2.45) is 5.92 Å². The van der Waals surface area contributed by atoms with Gasteiger partial charge in [-0.2, -0.15) is 0 Å². The molecule has 1 heterocycles. The Hall–Kier alpha value is -1.32. The predicted molar refractivity (Wildman–Crippen MR) is 56.2 cm³/mol. The van der Waals surface area contributed by atoms with Gasteiger partial charge in [0.15, 0.2) is 0 Å². The molecule has 2 rings (SSSR count). The highest BCUT2D eigenvalue weighted by molar-refractivity contribution is 6.07. The number of allylic oxidation sites excluding steroid dienone is 1. The first kappa shape index (κ1) is 10.2. The molecule has 2 atom stereocenters. The predicted octanol–water partition coefficient (Wildman–Crippen LogP) is 1.33. The quantitative estimate of drug-likeness (QED) is 0.531. The van der Waals surface area contributed by atoms with Crippen LogP contribution < -0.4 is 10.6 Å². The Morgan fingerprint density at radius 3 is 2.87 bits per heavy atom. The Labute approximate surface area is 89.1 Å². The topological polar surface area (TPSA) is 58.2 Å². The van der Waals surface area contributed by atoms with Gasteiger partial charge in [0.05, 0.1) is 0 Å². The van der Waals surface area contributed by atoms with Crippen LogP contribution in [0.15, 0.2) is 12.7 Å². The van der Waals surface area contributed by atoms with E-state index in [0.29, 0.717) is 0 Å². The van der Waals surface area contributed by atoms with Crippen LogP contribution in [0.1, 0.15) is 32.1 Å². The van der Waals surface area contributed by atoms with Crippen molar-refractivity contribution in [2.45, 2.75) is 37.6 Å². The lowest BCUT2D eigenvalue weighted by atomic mass is 9.71. The van der Waals surface area contributed by atoms with Gasteiger partial charge >= 0.3 is 6.03 Å². The van der Waals surface area contributed by atoms with E-state index < -0.39 is 5.54 Å². The second kappa shape index (κ2) is 3.68. The second-order valence-electron chi connectivity index (χ2n) is 4.35. The molecule has 2 N–H and O–H groups in total. The molecule has 4 heteroatoms. The summed E-state index contributed by atoms with van der Waals surface area (Å²) in [6.45, 7) is 3.71. The van der Waals surface area contributed by atoms with Crippen LogP contribution in [-0.2, 0) is 4.79 Å². The molecule has 3 amide bonds. The number of urea groups is 1. The van der Waals surface area contributed by atoms with Crippen LogP contribution in [0.25, 0.3) is 0 Å². The zero-order valence-electron chi connectivity index (χ0n) is 8.71. The molecule has 82 valence electrons.